The molecule has 0 atom stereocenters. The molecule has 2 rings (SSSR count). The first-order valence-electron chi connectivity index (χ1n) is 6.47. The zero-order chi connectivity index (χ0) is 15.9. The Morgan fingerprint density at radius 3 is 2.82 bits per heavy atom. The van der Waals surface area contributed by atoms with Crippen LogP contribution in [-0.2, 0) is 16.0 Å². The molecule has 0 unspecified atom stereocenters. The summed E-state index contributed by atoms with van der Waals surface area (Å²) < 4.78 is 18.1. The highest BCUT2D eigenvalue weighted by atomic mass is 79.9. The number of esters is 1. The number of rotatable bonds is 6. The average molecular weight is 386 g/mol. The van der Waals surface area contributed by atoms with E-state index in [-0.39, 0.29) is 22.6 Å². The van der Waals surface area contributed by atoms with E-state index in [4.69, 9.17) is 4.74 Å². The van der Waals surface area contributed by atoms with Crippen molar-refractivity contribution in [3.05, 3.63) is 56.4 Å². The Labute approximate surface area is 139 Å². The second-order valence-corrected chi connectivity index (χ2v) is 6.27. The van der Waals surface area contributed by atoms with Crippen LogP contribution in [0.2, 0.25) is 0 Å². The number of nitrogens with one attached hydrogen (secondary N) is 1. The number of thiophene rings is 1. The first-order chi connectivity index (χ1) is 10.6. The minimum atomic E-state index is -0.680. The third kappa shape index (κ3) is 4.92. The maximum absolute atomic E-state index is 12.9. The van der Waals surface area contributed by atoms with Crippen LogP contribution in [0.25, 0.3) is 0 Å². The molecule has 116 valence electrons. The fourth-order valence-corrected chi connectivity index (χ4v) is 2.92. The van der Waals surface area contributed by atoms with Gasteiger partial charge in [0.25, 0.3) is 5.91 Å². The SMILES string of the molecule is O=C(COC(=O)c1ccc(F)cc1Br)NCCc1cccs1. The zero-order valence-corrected chi connectivity index (χ0v) is 13.9. The van der Waals surface area contributed by atoms with Gasteiger partial charge in [-0.05, 0) is 52.0 Å². The molecule has 0 aliphatic heterocycles. The Kier molecular flexibility index (Phi) is 6.09. The number of amides is 1. The first-order valence-corrected chi connectivity index (χ1v) is 8.15. The normalized spacial score (nSPS) is 10.3. The standard InChI is InChI=1S/C15H13BrFNO3S/c16-13-8-10(17)3-4-12(13)15(20)21-9-14(19)18-6-5-11-2-1-7-22-11/h1-4,7-8H,5-6,9H2,(H,18,19). The van der Waals surface area contributed by atoms with Gasteiger partial charge in [0.1, 0.15) is 5.82 Å². The van der Waals surface area contributed by atoms with Crippen molar-refractivity contribution in [2.24, 2.45) is 0 Å². The van der Waals surface area contributed by atoms with Crippen LogP contribution in [-0.4, -0.2) is 25.0 Å². The van der Waals surface area contributed by atoms with Crippen molar-refractivity contribution in [2.45, 2.75) is 6.42 Å². The van der Waals surface area contributed by atoms with Gasteiger partial charge in [0.05, 0.1) is 5.56 Å². The molecule has 1 N–H and O–H groups in total. The molecule has 2 aromatic rings. The van der Waals surface area contributed by atoms with Crippen LogP contribution in [0.1, 0.15) is 15.2 Å². The lowest BCUT2D eigenvalue weighted by atomic mass is 10.2. The molecule has 1 heterocycles. The molecule has 0 aliphatic carbocycles. The highest BCUT2D eigenvalue weighted by Crippen LogP contribution is 2.18. The molecule has 1 aromatic carbocycles. The molecule has 7 heteroatoms. The summed E-state index contributed by atoms with van der Waals surface area (Å²) >= 11 is 4.70. The van der Waals surface area contributed by atoms with E-state index >= 15 is 0 Å². The molecule has 0 radical (unpaired) electrons. The van der Waals surface area contributed by atoms with E-state index in [1.54, 1.807) is 11.3 Å². The topological polar surface area (TPSA) is 55.4 Å². The number of hydrogen-bond donors (Lipinski definition) is 1. The molecule has 22 heavy (non-hydrogen) atoms. The molecule has 0 fully saturated rings. The first kappa shape index (κ1) is 16.6. The maximum atomic E-state index is 12.9. The van der Waals surface area contributed by atoms with Crippen LogP contribution in [0.4, 0.5) is 4.39 Å². The van der Waals surface area contributed by atoms with Gasteiger partial charge >= 0.3 is 5.97 Å². The molecule has 0 aliphatic rings. The van der Waals surface area contributed by atoms with Crippen LogP contribution in [0.15, 0.2) is 40.2 Å². The largest absolute Gasteiger partial charge is 0.452 e. The molecule has 0 spiro atoms. The Morgan fingerprint density at radius 1 is 1.32 bits per heavy atom. The molecule has 0 saturated heterocycles. The molecule has 1 aromatic heterocycles. The summed E-state index contributed by atoms with van der Waals surface area (Å²) in [5, 5.41) is 4.64. The van der Waals surface area contributed by atoms with Crippen LogP contribution >= 0.6 is 27.3 Å². The van der Waals surface area contributed by atoms with Gasteiger partial charge in [-0.25, -0.2) is 9.18 Å². The number of carbonyl (C=O) groups excluding carboxylic acids is 2. The van der Waals surface area contributed by atoms with E-state index in [9.17, 15) is 14.0 Å². The smallest absolute Gasteiger partial charge is 0.339 e. The second-order valence-electron chi connectivity index (χ2n) is 4.38. The number of ether oxygens (including phenoxy) is 1. The van der Waals surface area contributed by atoms with Gasteiger partial charge in [-0.2, -0.15) is 0 Å². The summed E-state index contributed by atoms with van der Waals surface area (Å²) in [7, 11) is 0. The Morgan fingerprint density at radius 2 is 2.14 bits per heavy atom. The molecular formula is C15H13BrFNO3S. The van der Waals surface area contributed by atoms with Gasteiger partial charge in [0.15, 0.2) is 6.61 Å². The van der Waals surface area contributed by atoms with Crippen molar-refractivity contribution in [1.82, 2.24) is 5.32 Å². The Hall–Kier alpha value is -1.73. The third-order valence-corrected chi connectivity index (χ3v) is 4.35. The lowest BCUT2D eigenvalue weighted by Gasteiger charge is -2.07. The van der Waals surface area contributed by atoms with Gasteiger partial charge in [0.2, 0.25) is 0 Å². The highest BCUT2D eigenvalue weighted by Gasteiger charge is 2.13. The lowest BCUT2D eigenvalue weighted by Crippen LogP contribution is -2.30. The summed E-state index contributed by atoms with van der Waals surface area (Å²) in [4.78, 5) is 24.6. The quantitative estimate of drug-likeness (QED) is 0.776. The minimum Gasteiger partial charge on any atom is -0.452 e. The van der Waals surface area contributed by atoms with Crippen LogP contribution < -0.4 is 5.32 Å². The fourth-order valence-electron chi connectivity index (χ4n) is 1.69. The predicted molar refractivity (Wildman–Crippen MR) is 85.4 cm³/mol. The summed E-state index contributed by atoms with van der Waals surface area (Å²) in [6.07, 6.45) is 0.737. The van der Waals surface area contributed by atoms with E-state index in [0.29, 0.717) is 6.54 Å². The van der Waals surface area contributed by atoms with E-state index in [1.807, 2.05) is 17.5 Å². The predicted octanol–water partition coefficient (Wildman–Crippen LogP) is 3.17. The molecular weight excluding hydrogens is 373 g/mol. The third-order valence-electron chi connectivity index (χ3n) is 2.76. The number of carbonyl (C=O) groups is 2. The number of halogens is 2. The van der Waals surface area contributed by atoms with Gasteiger partial charge < -0.3 is 10.1 Å². The summed E-state index contributed by atoms with van der Waals surface area (Å²) in [5.41, 5.74) is 0.174. The monoisotopic (exact) mass is 385 g/mol. The van der Waals surface area contributed by atoms with E-state index in [1.165, 1.54) is 10.9 Å². The zero-order valence-electron chi connectivity index (χ0n) is 11.5. The highest BCUT2D eigenvalue weighted by molar-refractivity contribution is 9.10. The summed E-state index contributed by atoms with van der Waals surface area (Å²) in [5.74, 6) is -1.52. The van der Waals surface area contributed by atoms with Gasteiger partial charge in [0, 0.05) is 15.9 Å². The number of hydrogen-bond acceptors (Lipinski definition) is 4. The summed E-state index contributed by atoms with van der Waals surface area (Å²) in [6, 6.07) is 7.56. The minimum absolute atomic E-state index is 0.174. The van der Waals surface area contributed by atoms with E-state index in [0.717, 1.165) is 18.6 Å². The molecule has 0 saturated carbocycles. The summed E-state index contributed by atoms with van der Waals surface area (Å²) in [6.45, 7) is 0.115. The van der Waals surface area contributed by atoms with Crippen molar-refractivity contribution in [3.8, 4) is 0 Å². The Bertz CT molecular complexity index is 661. The van der Waals surface area contributed by atoms with E-state index < -0.39 is 11.8 Å². The van der Waals surface area contributed by atoms with Crippen molar-refractivity contribution >= 4 is 39.1 Å². The van der Waals surface area contributed by atoms with E-state index in [2.05, 4.69) is 21.2 Å². The lowest BCUT2D eigenvalue weighted by molar-refractivity contribution is -0.124. The van der Waals surface area contributed by atoms with Crippen LogP contribution in [0.5, 0.6) is 0 Å². The Balaban J connectivity index is 1.74. The van der Waals surface area contributed by atoms with Gasteiger partial charge in [-0.3, -0.25) is 4.79 Å². The average Bonchev–Trinajstić information content (AvgIpc) is 2.98. The van der Waals surface area contributed by atoms with Crippen molar-refractivity contribution < 1.29 is 18.7 Å². The second kappa shape index (κ2) is 8.05. The molecule has 4 nitrogen and oxygen atoms in total. The van der Waals surface area contributed by atoms with Crippen molar-refractivity contribution in [3.63, 3.8) is 0 Å². The van der Waals surface area contributed by atoms with Crippen LogP contribution in [0, 0.1) is 5.82 Å². The molecule has 1 amide bonds. The number of benzene rings is 1. The van der Waals surface area contributed by atoms with Crippen molar-refractivity contribution in [2.75, 3.05) is 13.2 Å². The van der Waals surface area contributed by atoms with Gasteiger partial charge in [-0.1, -0.05) is 6.07 Å². The molecule has 0 bridgehead atoms. The van der Waals surface area contributed by atoms with Gasteiger partial charge in [-0.15, -0.1) is 11.3 Å². The van der Waals surface area contributed by atoms with Crippen LogP contribution in [0.3, 0.4) is 0 Å². The fraction of sp³-hybridized carbons (Fsp3) is 0.200. The maximum Gasteiger partial charge on any atom is 0.339 e. The van der Waals surface area contributed by atoms with Crippen molar-refractivity contribution in [1.29, 1.82) is 0 Å².